The van der Waals surface area contributed by atoms with Crippen molar-refractivity contribution < 1.29 is 23.5 Å². The minimum absolute atomic E-state index is 0.135. The van der Waals surface area contributed by atoms with Crippen LogP contribution in [-0.4, -0.2) is 28.7 Å². The van der Waals surface area contributed by atoms with Gasteiger partial charge in [0, 0.05) is 11.3 Å². The van der Waals surface area contributed by atoms with Crippen LogP contribution in [-0.2, 0) is 16.1 Å². The van der Waals surface area contributed by atoms with Crippen LogP contribution in [0.25, 0.3) is 0 Å². The maximum absolute atomic E-state index is 12.2. The number of esters is 1. The van der Waals surface area contributed by atoms with Gasteiger partial charge in [-0.15, -0.1) is 0 Å². The van der Waals surface area contributed by atoms with E-state index < -0.39 is 18.0 Å². The van der Waals surface area contributed by atoms with Crippen LogP contribution in [0, 0.1) is 13.8 Å². The molecule has 0 aromatic carbocycles. The summed E-state index contributed by atoms with van der Waals surface area (Å²) in [6, 6.07) is 3.44. The van der Waals surface area contributed by atoms with Crippen molar-refractivity contribution in [2.24, 2.45) is 0 Å². The smallest absolute Gasteiger partial charge is 0.355 e. The Kier molecular flexibility index (Phi) is 5.23. The molecule has 0 fully saturated rings. The van der Waals surface area contributed by atoms with Crippen LogP contribution in [0.15, 0.2) is 22.8 Å². The van der Waals surface area contributed by atoms with Gasteiger partial charge in [-0.3, -0.25) is 9.59 Å². The van der Waals surface area contributed by atoms with E-state index >= 15 is 0 Å². The van der Waals surface area contributed by atoms with Gasteiger partial charge in [0.15, 0.2) is 11.9 Å². The molecule has 0 unspecified atom stereocenters. The van der Waals surface area contributed by atoms with Gasteiger partial charge < -0.3 is 19.5 Å². The number of furan rings is 1. The van der Waals surface area contributed by atoms with Crippen LogP contribution in [0.3, 0.4) is 0 Å². The molecule has 128 valence electrons. The molecule has 0 aliphatic rings. The third kappa shape index (κ3) is 3.73. The summed E-state index contributed by atoms with van der Waals surface area (Å²) in [6.07, 6.45) is 0.532. The summed E-state index contributed by atoms with van der Waals surface area (Å²) in [5.74, 6) is -0.649. The Balaban J connectivity index is 1.99. The Morgan fingerprint density at radius 3 is 2.58 bits per heavy atom. The number of nitrogens with one attached hydrogen (secondary N) is 2. The summed E-state index contributed by atoms with van der Waals surface area (Å²) >= 11 is 0. The van der Waals surface area contributed by atoms with Crippen molar-refractivity contribution in [1.29, 1.82) is 0 Å². The molecule has 2 aromatic rings. The molecule has 0 spiro atoms. The van der Waals surface area contributed by atoms with Crippen molar-refractivity contribution in [3.05, 3.63) is 46.7 Å². The zero-order valence-corrected chi connectivity index (χ0v) is 14.1. The van der Waals surface area contributed by atoms with Crippen molar-refractivity contribution in [2.75, 3.05) is 0 Å². The number of H-pyrrole nitrogens is 1. The Labute approximate surface area is 139 Å². The minimum atomic E-state index is -0.976. The SMILES string of the molecule is CC(=O)c1c(C)[nH]c(C(=O)O[C@H](C)C(=O)NCc2ccco2)c1C. The first-order valence-electron chi connectivity index (χ1n) is 7.52. The van der Waals surface area contributed by atoms with Crippen molar-refractivity contribution >= 4 is 17.7 Å². The molecule has 1 amide bonds. The quantitative estimate of drug-likeness (QED) is 0.624. The Hall–Kier alpha value is -2.83. The molecule has 24 heavy (non-hydrogen) atoms. The molecule has 0 saturated heterocycles. The fraction of sp³-hybridized carbons (Fsp3) is 0.353. The normalized spacial score (nSPS) is 11.8. The van der Waals surface area contributed by atoms with Gasteiger partial charge in [-0.25, -0.2) is 4.79 Å². The maximum Gasteiger partial charge on any atom is 0.355 e. The summed E-state index contributed by atoms with van der Waals surface area (Å²) in [5, 5.41) is 2.62. The molecule has 1 atom stereocenters. The highest BCUT2D eigenvalue weighted by molar-refractivity contribution is 6.01. The van der Waals surface area contributed by atoms with Crippen LogP contribution in [0.4, 0.5) is 0 Å². The number of amides is 1. The number of aromatic nitrogens is 1. The number of carbonyl (C=O) groups excluding carboxylic acids is 3. The highest BCUT2D eigenvalue weighted by atomic mass is 16.5. The van der Waals surface area contributed by atoms with Gasteiger partial charge in [-0.2, -0.15) is 0 Å². The number of carbonyl (C=O) groups is 3. The first kappa shape index (κ1) is 17.5. The summed E-state index contributed by atoms with van der Waals surface area (Å²) in [6.45, 7) is 6.50. The van der Waals surface area contributed by atoms with E-state index in [2.05, 4.69) is 10.3 Å². The van der Waals surface area contributed by atoms with Gasteiger partial charge in [0.25, 0.3) is 5.91 Å². The molecule has 0 aliphatic carbocycles. The number of ketones is 1. The molecular formula is C17H20N2O5. The topological polar surface area (TPSA) is 101 Å². The maximum atomic E-state index is 12.2. The van der Waals surface area contributed by atoms with E-state index in [-0.39, 0.29) is 18.0 Å². The fourth-order valence-corrected chi connectivity index (χ4v) is 2.49. The second-order valence-electron chi connectivity index (χ2n) is 5.53. The molecule has 2 N–H and O–H groups in total. The van der Waals surface area contributed by atoms with Crippen LogP contribution >= 0.6 is 0 Å². The second-order valence-corrected chi connectivity index (χ2v) is 5.53. The van der Waals surface area contributed by atoms with E-state index in [1.807, 2.05) is 0 Å². The van der Waals surface area contributed by atoms with E-state index in [4.69, 9.17) is 9.15 Å². The summed E-state index contributed by atoms with van der Waals surface area (Å²) < 4.78 is 10.3. The first-order chi connectivity index (χ1) is 11.3. The molecule has 0 aliphatic heterocycles. The van der Waals surface area contributed by atoms with E-state index in [0.717, 1.165) is 0 Å². The Morgan fingerprint density at radius 2 is 2.04 bits per heavy atom. The van der Waals surface area contributed by atoms with E-state index in [0.29, 0.717) is 22.6 Å². The number of aryl methyl sites for hydroxylation is 1. The monoisotopic (exact) mass is 332 g/mol. The average molecular weight is 332 g/mol. The zero-order valence-electron chi connectivity index (χ0n) is 14.1. The third-order valence-electron chi connectivity index (χ3n) is 3.66. The van der Waals surface area contributed by atoms with Gasteiger partial charge in [0.2, 0.25) is 0 Å². The lowest BCUT2D eigenvalue weighted by Crippen LogP contribution is -2.35. The molecule has 0 saturated carbocycles. The fourth-order valence-electron chi connectivity index (χ4n) is 2.49. The van der Waals surface area contributed by atoms with E-state index in [9.17, 15) is 14.4 Å². The molecule has 0 radical (unpaired) electrons. The summed E-state index contributed by atoms with van der Waals surface area (Å²) in [5.41, 5.74) is 1.77. The number of hydrogen-bond acceptors (Lipinski definition) is 5. The van der Waals surface area contributed by atoms with Crippen molar-refractivity contribution in [2.45, 2.75) is 40.3 Å². The van der Waals surface area contributed by atoms with Crippen molar-refractivity contribution in [1.82, 2.24) is 10.3 Å². The molecule has 2 heterocycles. The predicted octanol–water partition coefficient (Wildman–Crippen LogP) is 2.29. The molecule has 7 nitrogen and oxygen atoms in total. The van der Waals surface area contributed by atoms with E-state index in [1.54, 1.807) is 26.0 Å². The van der Waals surface area contributed by atoms with Crippen molar-refractivity contribution in [3.63, 3.8) is 0 Å². The second kappa shape index (κ2) is 7.16. The lowest BCUT2D eigenvalue weighted by molar-refractivity contribution is -0.129. The van der Waals surface area contributed by atoms with Gasteiger partial charge in [-0.05, 0) is 45.4 Å². The molecule has 2 rings (SSSR count). The molecule has 7 heteroatoms. The number of aromatic amines is 1. The molecule has 2 aromatic heterocycles. The lowest BCUT2D eigenvalue weighted by atomic mass is 10.1. The predicted molar refractivity (Wildman–Crippen MR) is 85.7 cm³/mol. The van der Waals surface area contributed by atoms with Crippen LogP contribution < -0.4 is 5.32 Å². The first-order valence-corrected chi connectivity index (χ1v) is 7.52. The number of rotatable bonds is 6. The highest BCUT2D eigenvalue weighted by Crippen LogP contribution is 2.19. The third-order valence-corrected chi connectivity index (χ3v) is 3.66. The standard InChI is InChI=1S/C17H20N2O5/c1-9-14(11(3)20)10(2)19-15(9)17(22)24-12(4)16(21)18-8-13-6-5-7-23-13/h5-7,12,19H,8H2,1-4H3,(H,18,21)/t12-/m1/s1. The van der Waals surface area contributed by atoms with Gasteiger partial charge >= 0.3 is 5.97 Å². The number of Topliss-reactive ketones (excluding diaryl/α,β-unsaturated/α-hetero) is 1. The molecular weight excluding hydrogens is 312 g/mol. The lowest BCUT2D eigenvalue weighted by Gasteiger charge is -2.12. The van der Waals surface area contributed by atoms with Gasteiger partial charge in [0.05, 0.1) is 12.8 Å². The van der Waals surface area contributed by atoms with Crippen LogP contribution in [0.5, 0.6) is 0 Å². The average Bonchev–Trinajstić information content (AvgIpc) is 3.12. The summed E-state index contributed by atoms with van der Waals surface area (Å²) in [7, 11) is 0. The van der Waals surface area contributed by atoms with Crippen molar-refractivity contribution in [3.8, 4) is 0 Å². The van der Waals surface area contributed by atoms with Crippen LogP contribution in [0.1, 0.15) is 51.7 Å². The molecule has 0 bridgehead atoms. The number of hydrogen-bond donors (Lipinski definition) is 2. The van der Waals surface area contributed by atoms with Gasteiger partial charge in [-0.1, -0.05) is 0 Å². The number of ether oxygens (including phenoxy) is 1. The Morgan fingerprint density at radius 1 is 1.33 bits per heavy atom. The van der Waals surface area contributed by atoms with E-state index in [1.165, 1.54) is 20.1 Å². The minimum Gasteiger partial charge on any atom is -0.467 e. The largest absolute Gasteiger partial charge is 0.467 e. The van der Waals surface area contributed by atoms with Crippen LogP contribution in [0.2, 0.25) is 0 Å². The Bertz CT molecular complexity index is 758. The summed E-state index contributed by atoms with van der Waals surface area (Å²) in [4.78, 5) is 38.7. The highest BCUT2D eigenvalue weighted by Gasteiger charge is 2.24. The zero-order chi connectivity index (χ0) is 17.9. The van der Waals surface area contributed by atoms with Gasteiger partial charge in [0.1, 0.15) is 11.5 Å².